The van der Waals surface area contributed by atoms with Crippen molar-refractivity contribution in [3.63, 3.8) is 0 Å². The summed E-state index contributed by atoms with van der Waals surface area (Å²) in [5.41, 5.74) is 0.218. The zero-order valence-corrected chi connectivity index (χ0v) is 24.4. The smallest absolute Gasteiger partial charge is 0.185 e. The zero-order chi connectivity index (χ0) is 29.4. The molecule has 1 saturated heterocycles. The highest BCUT2D eigenvalue weighted by Crippen LogP contribution is 2.47. The number of aromatic nitrogens is 2. The third-order valence-electron chi connectivity index (χ3n) is 9.07. The number of benzene rings is 1. The van der Waals surface area contributed by atoms with Gasteiger partial charge in [0.2, 0.25) is 0 Å². The van der Waals surface area contributed by atoms with Crippen LogP contribution in [0.2, 0.25) is 0 Å². The molecule has 5 rings (SSSR count). The number of halogens is 2. The first-order valence-electron chi connectivity index (χ1n) is 14.5. The number of pyridine rings is 1. The molecule has 2 aliphatic rings. The Kier molecular flexibility index (Phi) is 7.99. The van der Waals surface area contributed by atoms with Crippen molar-refractivity contribution in [2.24, 2.45) is 10.8 Å². The molecule has 1 aliphatic carbocycles. The minimum atomic E-state index is -0.789. The third-order valence-corrected chi connectivity index (χ3v) is 9.07. The van der Waals surface area contributed by atoms with E-state index in [2.05, 4.69) is 28.9 Å². The van der Waals surface area contributed by atoms with Crippen molar-refractivity contribution in [2.45, 2.75) is 84.1 Å². The fraction of sp³-hybridized carbons (Fsp3) is 0.515. The molecule has 8 heteroatoms. The van der Waals surface area contributed by atoms with Gasteiger partial charge in [0.1, 0.15) is 23.1 Å². The van der Waals surface area contributed by atoms with E-state index in [0.29, 0.717) is 25.6 Å². The van der Waals surface area contributed by atoms with E-state index >= 15 is 0 Å². The van der Waals surface area contributed by atoms with Crippen molar-refractivity contribution in [1.29, 1.82) is 0 Å². The quantitative estimate of drug-likeness (QED) is 0.243. The Morgan fingerprint density at radius 1 is 1.07 bits per heavy atom. The maximum Gasteiger partial charge on any atom is 0.185 e. The largest absolute Gasteiger partial charge is 0.355 e. The van der Waals surface area contributed by atoms with Gasteiger partial charge in [0.15, 0.2) is 11.5 Å². The second kappa shape index (κ2) is 11.2. The number of nitrogens with zero attached hydrogens (tertiary/aromatic N) is 3. The molecule has 0 spiro atoms. The van der Waals surface area contributed by atoms with Crippen LogP contribution >= 0.6 is 0 Å². The summed E-state index contributed by atoms with van der Waals surface area (Å²) < 4.78 is 33.0. The Morgan fingerprint density at radius 3 is 2.54 bits per heavy atom. The first kappa shape index (κ1) is 29.2. The van der Waals surface area contributed by atoms with Crippen LogP contribution in [0.4, 0.5) is 8.78 Å². The van der Waals surface area contributed by atoms with E-state index in [-0.39, 0.29) is 46.8 Å². The maximum absolute atomic E-state index is 14.3. The normalized spacial score (nSPS) is 20.4. The number of ketones is 2. The highest BCUT2D eigenvalue weighted by Gasteiger charge is 2.51. The highest BCUT2D eigenvalue weighted by molar-refractivity contribution is 5.96. The van der Waals surface area contributed by atoms with Crippen LogP contribution in [0.15, 0.2) is 53.2 Å². The van der Waals surface area contributed by atoms with Crippen molar-refractivity contribution in [1.82, 2.24) is 15.0 Å². The van der Waals surface area contributed by atoms with E-state index in [1.165, 1.54) is 31.4 Å². The predicted molar refractivity (Wildman–Crippen MR) is 152 cm³/mol. The van der Waals surface area contributed by atoms with Gasteiger partial charge in [-0.2, -0.15) is 0 Å². The molecule has 1 unspecified atom stereocenters. The lowest BCUT2D eigenvalue weighted by Gasteiger charge is -2.57. The lowest BCUT2D eigenvalue weighted by Crippen LogP contribution is -2.64. The van der Waals surface area contributed by atoms with Crippen molar-refractivity contribution >= 4 is 11.6 Å². The molecule has 1 saturated carbocycles. The Balaban J connectivity index is 1.34. The van der Waals surface area contributed by atoms with Crippen molar-refractivity contribution in [2.75, 3.05) is 13.1 Å². The third kappa shape index (κ3) is 6.32. The second-order valence-corrected chi connectivity index (χ2v) is 13.4. The molecule has 3 aromatic rings. The van der Waals surface area contributed by atoms with Crippen LogP contribution in [0.5, 0.6) is 0 Å². The van der Waals surface area contributed by atoms with Gasteiger partial charge in [-0.3, -0.25) is 19.5 Å². The van der Waals surface area contributed by atoms with Gasteiger partial charge in [0.25, 0.3) is 0 Å². The molecule has 1 aliphatic heterocycles. The van der Waals surface area contributed by atoms with Crippen LogP contribution in [0.3, 0.4) is 0 Å². The minimum Gasteiger partial charge on any atom is -0.355 e. The lowest BCUT2D eigenvalue weighted by molar-refractivity contribution is -0.130. The van der Waals surface area contributed by atoms with Crippen LogP contribution in [0.1, 0.15) is 88.8 Å². The van der Waals surface area contributed by atoms with Gasteiger partial charge in [-0.05, 0) is 42.5 Å². The summed E-state index contributed by atoms with van der Waals surface area (Å²) in [6.07, 6.45) is 7.20. The molecule has 2 fully saturated rings. The maximum atomic E-state index is 14.3. The monoisotopic (exact) mass is 563 g/mol. The highest BCUT2D eigenvalue weighted by atomic mass is 19.1. The number of hydrogen-bond donors (Lipinski definition) is 0. The van der Waals surface area contributed by atoms with E-state index in [1.807, 2.05) is 32.0 Å². The summed E-state index contributed by atoms with van der Waals surface area (Å²) in [7, 11) is 0. The van der Waals surface area contributed by atoms with Crippen LogP contribution in [-0.4, -0.2) is 45.7 Å². The van der Waals surface area contributed by atoms with E-state index in [0.717, 1.165) is 24.2 Å². The van der Waals surface area contributed by atoms with Gasteiger partial charge in [-0.1, -0.05) is 51.8 Å². The molecule has 6 nitrogen and oxygen atoms in total. The van der Waals surface area contributed by atoms with Gasteiger partial charge < -0.3 is 4.52 Å². The average Bonchev–Trinajstić information content (AvgIpc) is 3.37. The molecule has 41 heavy (non-hydrogen) atoms. The molecule has 0 N–H and O–H groups in total. The molecule has 0 radical (unpaired) electrons. The van der Waals surface area contributed by atoms with Crippen LogP contribution in [0, 0.1) is 22.5 Å². The molecule has 1 aromatic carbocycles. The first-order valence-corrected chi connectivity index (χ1v) is 14.5. The predicted octanol–water partition coefficient (Wildman–Crippen LogP) is 7.19. The Hall–Kier alpha value is -3.26. The van der Waals surface area contributed by atoms with E-state index in [9.17, 15) is 18.4 Å². The Morgan fingerprint density at radius 2 is 1.85 bits per heavy atom. The fourth-order valence-corrected chi connectivity index (χ4v) is 6.96. The molecule has 3 heterocycles. The van der Waals surface area contributed by atoms with Gasteiger partial charge in [0, 0.05) is 73.2 Å². The number of rotatable bonds is 10. The summed E-state index contributed by atoms with van der Waals surface area (Å²) in [5, 5.41) is 3.92. The second-order valence-electron chi connectivity index (χ2n) is 13.4. The van der Waals surface area contributed by atoms with Gasteiger partial charge >= 0.3 is 0 Å². The zero-order valence-electron chi connectivity index (χ0n) is 24.4. The molecule has 1 atom stereocenters. The summed E-state index contributed by atoms with van der Waals surface area (Å²) in [6.45, 7) is 10.0. The van der Waals surface area contributed by atoms with Gasteiger partial charge in [-0.15, -0.1) is 0 Å². The van der Waals surface area contributed by atoms with Gasteiger partial charge in [-0.25, -0.2) is 8.78 Å². The van der Waals surface area contributed by atoms with Crippen molar-refractivity contribution in [3.05, 3.63) is 71.7 Å². The van der Waals surface area contributed by atoms with Crippen molar-refractivity contribution < 1.29 is 22.9 Å². The minimum absolute atomic E-state index is 0.0361. The fourth-order valence-electron chi connectivity index (χ4n) is 6.96. The standard InChI is InChI=1S/C33H39F2N3O3/c1-31(2)13-7-5-10-30(31)38-20-33(21-38,18-23(39)17-32(3,4)29-9-6-8-14-36-29)19-27(40)26-16-28(41-37-26)24-12-11-22(34)15-25(24)35/h6,8-9,11-12,14-16,30H,5,7,10,13,17-21H2,1-4H3. The number of Topliss-reactive ketones (excluding diaryl/α,β-unsaturated/α-hetero) is 2. The Bertz CT molecular complexity index is 1410. The molecular formula is C33H39F2N3O3. The summed E-state index contributed by atoms with van der Waals surface area (Å²) >= 11 is 0. The SMILES string of the molecule is CC(C)(CC(=O)CC1(CC(=O)c2cc(-c3ccc(F)cc3F)on2)CN(C2CCCCC2(C)C)C1)c1ccccn1. The number of likely N-dealkylation sites (tertiary alicyclic amines) is 1. The molecule has 0 amide bonds. The number of carbonyl (C=O) groups excluding carboxylic acids is 2. The van der Waals surface area contributed by atoms with Crippen LogP contribution in [-0.2, 0) is 10.2 Å². The molecule has 0 bridgehead atoms. The Labute approximate surface area is 240 Å². The number of carbonyl (C=O) groups is 2. The first-order chi connectivity index (χ1) is 19.4. The van der Waals surface area contributed by atoms with Gasteiger partial charge in [0.05, 0.1) is 5.56 Å². The summed E-state index contributed by atoms with van der Waals surface area (Å²) in [5.74, 6) is -1.57. The number of hydrogen-bond acceptors (Lipinski definition) is 6. The van der Waals surface area contributed by atoms with E-state index in [1.54, 1.807) is 6.20 Å². The summed E-state index contributed by atoms with van der Waals surface area (Å²) in [6, 6.07) is 10.7. The van der Waals surface area contributed by atoms with E-state index < -0.39 is 22.5 Å². The van der Waals surface area contributed by atoms with Crippen LogP contribution < -0.4 is 0 Å². The van der Waals surface area contributed by atoms with E-state index in [4.69, 9.17) is 4.52 Å². The molecule has 218 valence electrons. The average molecular weight is 564 g/mol. The lowest BCUT2D eigenvalue weighted by atomic mass is 9.65. The summed E-state index contributed by atoms with van der Waals surface area (Å²) in [4.78, 5) is 34.0. The van der Waals surface area contributed by atoms with Crippen LogP contribution in [0.25, 0.3) is 11.3 Å². The molecule has 2 aromatic heterocycles. The van der Waals surface area contributed by atoms with Crippen molar-refractivity contribution in [3.8, 4) is 11.3 Å². The molecular weight excluding hydrogens is 524 g/mol. The topological polar surface area (TPSA) is 76.3 Å².